The van der Waals surface area contributed by atoms with Crippen LogP contribution in [-0.2, 0) is 14.8 Å². The molecule has 2 atom stereocenters. The first-order valence-electron chi connectivity index (χ1n) is 8.90. The van der Waals surface area contributed by atoms with Crippen molar-refractivity contribution in [3.63, 3.8) is 0 Å². The Balaban J connectivity index is 1.91. The lowest BCUT2D eigenvalue weighted by molar-refractivity contribution is 0.0927. The number of nitrogens with one attached hydrogen (secondary N) is 1. The number of nitrogens with two attached hydrogens (primary N) is 2. The molecule has 1 aromatic rings. The van der Waals surface area contributed by atoms with Gasteiger partial charge in [-0.2, -0.15) is 0 Å². The Morgan fingerprint density at radius 3 is 2.65 bits per heavy atom. The summed E-state index contributed by atoms with van der Waals surface area (Å²) in [4.78, 5) is 14.9. The van der Waals surface area contributed by atoms with E-state index in [1.54, 1.807) is 6.07 Å². The smallest absolute Gasteiger partial charge is 0.253 e. The first-order chi connectivity index (χ1) is 12.4. The Morgan fingerprint density at radius 1 is 1.27 bits per heavy atom. The van der Waals surface area contributed by atoms with E-state index in [4.69, 9.17) is 15.6 Å². The summed E-state index contributed by atoms with van der Waals surface area (Å²) in [7, 11) is -3.89. The molecule has 3 rings (SSSR count). The zero-order valence-electron chi connectivity index (χ0n) is 14.7. The van der Waals surface area contributed by atoms with Gasteiger partial charge in [-0.25, -0.2) is 13.6 Å². The Morgan fingerprint density at radius 2 is 2.00 bits per heavy atom. The van der Waals surface area contributed by atoms with Crippen molar-refractivity contribution in [3.8, 4) is 0 Å². The standard InChI is InChI=1S/C17H26N4O4S/c18-11-12-2-1-3-15(12)20-17(22)14-10-13(26(19,23)24)4-5-16(14)21-6-8-25-9-7-21/h4-5,10,12,15H,1-3,6-9,11,18H2,(H,20,22)(H2,19,23,24). The lowest BCUT2D eigenvalue weighted by Gasteiger charge is -2.31. The Labute approximate surface area is 153 Å². The van der Waals surface area contributed by atoms with Crippen molar-refractivity contribution in [2.75, 3.05) is 37.7 Å². The van der Waals surface area contributed by atoms with E-state index in [2.05, 4.69) is 5.32 Å². The van der Waals surface area contributed by atoms with Gasteiger partial charge in [-0.05, 0) is 43.5 Å². The number of hydrogen-bond acceptors (Lipinski definition) is 6. The summed E-state index contributed by atoms with van der Waals surface area (Å²) in [6, 6.07) is 4.47. The molecule has 5 N–H and O–H groups in total. The number of anilines is 1. The number of morpholine rings is 1. The molecule has 1 aromatic carbocycles. The lowest BCUT2D eigenvalue weighted by Crippen LogP contribution is -2.42. The molecule has 0 radical (unpaired) electrons. The van der Waals surface area contributed by atoms with Crippen molar-refractivity contribution in [1.29, 1.82) is 0 Å². The van der Waals surface area contributed by atoms with E-state index in [0.29, 0.717) is 44.1 Å². The maximum atomic E-state index is 13.0. The van der Waals surface area contributed by atoms with Crippen molar-refractivity contribution in [2.45, 2.75) is 30.2 Å². The number of amides is 1. The summed E-state index contributed by atoms with van der Waals surface area (Å²) in [5.41, 5.74) is 6.81. The van der Waals surface area contributed by atoms with Gasteiger partial charge in [0.15, 0.2) is 0 Å². The van der Waals surface area contributed by atoms with Crippen molar-refractivity contribution < 1.29 is 17.9 Å². The number of benzene rings is 1. The Kier molecular flexibility index (Phi) is 5.81. The number of rotatable bonds is 5. The average molecular weight is 382 g/mol. The molecule has 1 saturated carbocycles. The highest BCUT2D eigenvalue weighted by Gasteiger charge is 2.29. The molecule has 9 heteroatoms. The lowest BCUT2D eigenvalue weighted by atomic mass is 10.0. The molecule has 1 aliphatic heterocycles. The summed E-state index contributed by atoms with van der Waals surface area (Å²) >= 11 is 0. The summed E-state index contributed by atoms with van der Waals surface area (Å²) < 4.78 is 28.8. The molecule has 0 aromatic heterocycles. The van der Waals surface area contributed by atoms with Crippen molar-refractivity contribution in [3.05, 3.63) is 23.8 Å². The molecule has 1 amide bonds. The predicted octanol–water partition coefficient (Wildman–Crippen LogP) is 0.0278. The summed E-state index contributed by atoms with van der Waals surface area (Å²) in [5, 5.41) is 8.29. The van der Waals surface area contributed by atoms with Crippen LogP contribution >= 0.6 is 0 Å². The predicted molar refractivity (Wildman–Crippen MR) is 98.5 cm³/mol. The van der Waals surface area contributed by atoms with Gasteiger partial charge in [-0.15, -0.1) is 0 Å². The third-order valence-electron chi connectivity index (χ3n) is 5.17. The fourth-order valence-corrected chi connectivity index (χ4v) is 4.25. The topological polar surface area (TPSA) is 128 Å². The number of carbonyl (C=O) groups is 1. The number of carbonyl (C=O) groups excluding carboxylic acids is 1. The van der Waals surface area contributed by atoms with E-state index < -0.39 is 10.0 Å². The van der Waals surface area contributed by atoms with E-state index in [9.17, 15) is 13.2 Å². The van der Waals surface area contributed by atoms with Crippen LogP contribution in [0.3, 0.4) is 0 Å². The number of ether oxygens (including phenoxy) is 1. The van der Waals surface area contributed by atoms with Crippen molar-refractivity contribution in [2.24, 2.45) is 16.8 Å². The molecule has 2 unspecified atom stereocenters. The minimum atomic E-state index is -3.89. The molecule has 1 saturated heterocycles. The maximum absolute atomic E-state index is 13.0. The minimum absolute atomic E-state index is 0.0168. The summed E-state index contributed by atoms with van der Waals surface area (Å²) in [5.74, 6) is -0.0328. The molecule has 2 fully saturated rings. The molecule has 26 heavy (non-hydrogen) atoms. The van der Waals surface area contributed by atoms with Crippen LogP contribution in [-0.4, -0.2) is 53.2 Å². The van der Waals surface area contributed by atoms with E-state index >= 15 is 0 Å². The third kappa shape index (κ3) is 4.17. The van der Waals surface area contributed by atoms with Gasteiger partial charge >= 0.3 is 0 Å². The molecule has 144 valence electrons. The molecule has 8 nitrogen and oxygen atoms in total. The SMILES string of the molecule is NCC1CCCC1NC(=O)c1cc(S(N)(=O)=O)ccc1N1CCOCC1. The van der Waals surface area contributed by atoms with Crippen LogP contribution < -0.4 is 21.1 Å². The number of nitrogens with zero attached hydrogens (tertiary/aromatic N) is 1. The van der Waals surface area contributed by atoms with Gasteiger partial charge < -0.3 is 20.7 Å². The van der Waals surface area contributed by atoms with Crippen molar-refractivity contribution in [1.82, 2.24) is 5.32 Å². The molecule has 2 aliphatic rings. The van der Waals surface area contributed by atoms with Crippen molar-refractivity contribution >= 4 is 21.6 Å². The highest BCUT2D eigenvalue weighted by atomic mass is 32.2. The monoisotopic (exact) mass is 382 g/mol. The Hall–Kier alpha value is -1.68. The van der Waals surface area contributed by atoms with E-state index in [1.807, 2.05) is 4.90 Å². The second-order valence-corrected chi connectivity index (χ2v) is 8.39. The van der Waals surface area contributed by atoms with Crippen LogP contribution in [0, 0.1) is 5.92 Å². The summed E-state index contributed by atoms with van der Waals surface area (Å²) in [6.45, 7) is 2.94. The number of hydrogen-bond donors (Lipinski definition) is 3. The zero-order chi connectivity index (χ0) is 18.7. The van der Waals surface area contributed by atoms with Crippen LogP contribution in [0.4, 0.5) is 5.69 Å². The van der Waals surface area contributed by atoms with Gasteiger partial charge in [0.1, 0.15) is 0 Å². The second kappa shape index (κ2) is 7.91. The van der Waals surface area contributed by atoms with Gasteiger partial charge in [0.05, 0.1) is 23.7 Å². The Bertz CT molecular complexity index is 762. The first-order valence-corrected chi connectivity index (χ1v) is 10.5. The molecule has 1 heterocycles. The van der Waals surface area contributed by atoms with Gasteiger partial charge in [-0.1, -0.05) is 6.42 Å². The van der Waals surface area contributed by atoms with Gasteiger partial charge in [0.25, 0.3) is 5.91 Å². The second-order valence-electron chi connectivity index (χ2n) is 6.83. The number of sulfonamides is 1. The average Bonchev–Trinajstić information content (AvgIpc) is 3.08. The van der Waals surface area contributed by atoms with E-state index in [-0.39, 0.29) is 22.8 Å². The van der Waals surface area contributed by atoms with E-state index in [1.165, 1.54) is 12.1 Å². The van der Waals surface area contributed by atoms with Gasteiger partial charge in [-0.3, -0.25) is 4.79 Å². The van der Waals surface area contributed by atoms with Gasteiger partial charge in [0, 0.05) is 24.8 Å². The van der Waals surface area contributed by atoms with E-state index in [0.717, 1.165) is 19.3 Å². The normalized spacial score (nSPS) is 23.8. The van der Waals surface area contributed by atoms with Crippen LogP contribution in [0.25, 0.3) is 0 Å². The van der Waals surface area contributed by atoms with Crippen LogP contribution in [0.1, 0.15) is 29.6 Å². The molecular weight excluding hydrogens is 356 g/mol. The third-order valence-corrected chi connectivity index (χ3v) is 6.08. The zero-order valence-corrected chi connectivity index (χ0v) is 15.5. The first kappa shape index (κ1) is 19.1. The van der Waals surface area contributed by atoms with Gasteiger partial charge in [0.2, 0.25) is 10.0 Å². The van der Waals surface area contributed by atoms with Crippen LogP contribution in [0.5, 0.6) is 0 Å². The quantitative estimate of drug-likeness (QED) is 0.659. The fraction of sp³-hybridized carbons (Fsp3) is 0.588. The number of primary sulfonamides is 1. The minimum Gasteiger partial charge on any atom is -0.378 e. The molecule has 0 spiro atoms. The fourth-order valence-electron chi connectivity index (χ4n) is 3.71. The van der Waals surface area contributed by atoms with Crippen LogP contribution in [0.2, 0.25) is 0 Å². The highest BCUT2D eigenvalue weighted by molar-refractivity contribution is 7.89. The largest absolute Gasteiger partial charge is 0.378 e. The molecular formula is C17H26N4O4S. The maximum Gasteiger partial charge on any atom is 0.253 e. The summed E-state index contributed by atoms with van der Waals surface area (Å²) in [6.07, 6.45) is 2.91. The molecule has 1 aliphatic carbocycles. The van der Waals surface area contributed by atoms with Crippen LogP contribution in [0.15, 0.2) is 23.1 Å². The molecule has 0 bridgehead atoms. The highest BCUT2D eigenvalue weighted by Crippen LogP contribution is 2.28.